The topological polar surface area (TPSA) is 113 Å². The molecule has 2 fully saturated rings. The maximum absolute atomic E-state index is 13.6. The van der Waals surface area contributed by atoms with Crippen molar-refractivity contribution in [2.75, 3.05) is 24.6 Å². The lowest BCUT2D eigenvalue weighted by Gasteiger charge is -2.36. The number of nitrogens with one attached hydrogen (secondary N) is 1. The molecule has 2 aromatic heterocycles. The molecule has 2 aromatic rings. The molecule has 1 N–H and O–H groups in total. The second kappa shape index (κ2) is 10.8. The molecule has 0 spiro atoms. The first kappa shape index (κ1) is 25.8. The van der Waals surface area contributed by atoms with E-state index in [1.165, 1.54) is 10.5 Å². The van der Waals surface area contributed by atoms with Crippen molar-refractivity contribution in [3.63, 3.8) is 0 Å². The minimum Gasteiger partial charge on any atom is -0.466 e. The largest absolute Gasteiger partial charge is 0.466 e. The van der Waals surface area contributed by atoms with Gasteiger partial charge in [0.25, 0.3) is 11.5 Å². The fraction of sp³-hybridized carbons (Fsp3) is 0.417. The van der Waals surface area contributed by atoms with E-state index in [-0.39, 0.29) is 42.3 Å². The number of carbonyl (C=O) groups excluding carboxylic acids is 3. The Morgan fingerprint density at radius 3 is 2.83 bits per heavy atom. The lowest BCUT2D eigenvalue weighted by Crippen LogP contribution is -2.57. The van der Waals surface area contributed by atoms with E-state index < -0.39 is 17.6 Å². The summed E-state index contributed by atoms with van der Waals surface area (Å²) in [5.41, 5.74) is 0.125. The Bertz CT molecular complexity index is 1320. The smallest absolute Gasteiger partial charge is 0.308 e. The molecule has 2 unspecified atom stereocenters. The number of rotatable bonds is 7. The summed E-state index contributed by atoms with van der Waals surface area (Å²) in [6, 6.07) is 4.14. The standard InChI is InChI=1S/C24H27N5O5S2/c1-4-14(3)29-23(33)17(36-24(29)35)12-15-20(26-18-8-6-7-10-28(18)22(15)32)27-11-9-25-21(31)16(27)13-19(30)34-5-2/h6-8,10,12,14,16H,4-5,9,11,13H2,1-3H3,(H,25,31). The third-order valence-corrected chi connectivity index (χ3v) is 7.48. The van der Waals surface area contributed by atoms with Crippen molar-refractivity contribution in [1.29, 1.82) is 0 Å². The van der Waals surface area contributed by atoms with Crippen LogP contribution in [0.5, 0.6) is 0 Å². The van der Waals surface area contributed by atoms with Crippen LogP contribution in [-0.2, 0) is 19.1 Å². The van der Waals surface area contributed by atoms with E-state index in [1.807, 2.05) is 13.8 Å². The maximum Gasteiger partial charge on any atom is 0.308 e. The van der Waals surface area contributed by atoms with Crippen molar-refractivity contribution >= 4 is 63.6 Å². The van der Waals surface area contributed by atoms with Crippen molar-refractivity contribution < 1.29 is 19.1 Å². The number of carbonyl (C=O) groups is 3. The number of thiocarbonyl (C=S) groups is 1. The zero-order valence-electron chi connectivity index (χ0n) is 20.2. The van der Waals surface area contributed by atoms with Gasteiger partial charge in [-0.3, -0.25) is 28.5 Å². The molecule has 0 radical (unpaired) electrons. The molecule has 12 heteroatoms. The highest BCUT2D eigenvalue weighted by atomic mass is 32.2. The summed E-state index contributed by atoms with van der Waals surface area (Å²) in [5, 5.41) is 2.76. The number of piperazine rings is 1. The SMILES string of the molecule is CCOC(=O)CC1C(=O)NCCN1c1nc2ccccn2c(=O)c1C=C1SC(=S)N(C(C)CC)C1=O. The molecular weight excluding hydrogens is 502 g/mol. The van der Waals surface area contributed by atoms with E-state index >= 15 is 0 Å². The van der Waals surface area contributed by atoms with Crippen LogP contribution in [0.15, 0.2) is 34.1 Å². The van der Waals surface area contributed by atoms with Gasteiger partial charge in [-0.2, -0.15) is 0 Å². The quantitative estimate of drug-likeness (QED) is 0.327. The second-order valence-corrected chi connectivity index (χ2v) is 10.1. The third-order valence-electron chi connectivity index (χ3n) is 6.15. The molecule has 2 aliphatic rings. The Morgan fingerprint density at radius 1 is 1.33 bits per heavy atom. The van der Waals surface area contributed by atoms with Crippen LogP contribution in [0.1, 0.15) is 39.2 Å². The van der Waals surface area contributed by atoms with Gasteiger partial charge in [-0.15, -0.1) is 0 Å². The number of fused-ring (bicyclic) bond motifs is 1. The number of aromatic nitrogens is 2. The van der Waals surface area contributed by atoms with Gasteiger partial charge in [-0.25, -0.2) is 4.98 Å². The van der Waals surface area contributed by atoms with Gasteiger partial charge in [0.15, 0.2) is 0 Å². The van der Waals surface area contributed by atoms with Crippen LogP contribution >= 0.6 is 24.0 Å². The Hall–Kier alpha value is -3.25. The highest BCUT2D eigenvalue weighted by Crippen LogP contribution is 2.35. The fourth-order valence-electron chi connectivity index (χ4n) is 4.16. The molecule has 2 amide bonds. The third kappa shape index (κ3) is 4.87. The molecule has 2 aliphatic heterocycles. The van der Waals surface area contributed by atoms with Crippen molar-refractivity contribution in [3.8, 4) is 0 Å². The number of hydrogen-bond donors (Lipinski definition) is 1. The van der Waals surface area contributed by atoms with Crippen molar-refractivity contribution in [2.24, 2.45) is 0 Å². The van der Waals surface area contributed by atoms with Crippen LogP contribution in [-0.4, -0.2) is 68.2 Å². The zero-order valence-corrected chi connectivity index (χ0v) is 21.9. The predicted octanol–water partition coefficient (Wildman–Crippen LogP) is 1.95. The molecule has 10 nitrogen and oxygen atoms in total. The van der Waals surface area contributed by atoms with Gasteiger partial charge in [-0.1, -0.05) is 37.0 Å². The van der Waals surface area contributed by atoms with Crippen LogP contribution in [0.3, 0.4) is 0 Å². The van der Waals surface area contributed by atoms with Crippen LogP contribution in [0.2, 0.25) is 0 Å². The van der Waals surface area contributed by atoms with Crippen LogP contribution in [0.4, 0.5) is 5.82 Å². The Morgan fingerprint density at radius 2 is 2.11 bits per heavy atom. The number of nitrogens with zero attached hydrogens (tertiary/aromatic N) is 4. The van der Waals surface area contributed by atoms with E-state index in [4.69, 9.17) is 21.9 Å². The minimum absolute atomic E-state index is 0.0848. The number of esters is 1. The van der Waals surface area contributed by atoms with Gasteiger partial charge in [0, 0.05) is 25.3 Å². The van der Waals surface area contributed by atoms with E-state index in [2.05, 4.69) is 5.32 Å². The first-order chi connectivity index (χ1) is 17.3. The summed E-state index contributed by atoms with van der Waals surface area (Å²) >= 11 is 6.57. The molecule has 190 valence electrons. The lowest BCUT2D eigenvalue weighted by molar-refractivity contribution is -0.145. The molecule has 2 saturated heterocycles. The minimum atomic E-state index is -0.919. The summed E-state index contributed by atoms with van der Waals surface area (Å²) < 4.78 is 6.88. The summed E-state index contributed by atoms with van der Waals surface area (Å²) in [6.45, 7) is 6.39. The van der Waals surface area contributed by atoms with Gasteiger partial charge in [-0.05, 0) is 38.5 Å². The van der Waals surface area contributed by atoms with Gasteiger partial charge < -0.3 is 15.0 Å². The molecule has 0 aromatic carbocycles. The Balaban J connectivity index is 1.86. The molecule has 2 atom stereocenters. The Labute approximate surface area is 217 Å². The van der Waals surface area contributed by atoms with Gasteiger partial charge in [0.05, 0.1) is 23.5 Å². The molecule has 4 heterocycles. The number of pyridine rings is 1. The summed E-state index contributed by atoms with van der Waals surface area (Å²) in [6.07, 6.45) is 3.61. The summed E-state index contributed by atoms with van der Waals surface area (Å²) in [4.78, 5) is 60.1. The van der Waals surface area contributed by atoms with Crippen LogP contribution in [0, 0.1) is 0 Å². The van der Waals surface area contributed by atoms with Crippen molar-refractivity contribution in [1.82, 2.24) is 19.6 Å². The number of amides is 2. The van der Waals surface area contributed by atoms with Crippen LogP contribution in [0.25, 0.3) is 11.7 Å². The zero-order chi connectivity index (χ0) is 26.0. The molecule has 36 heavy (non-hydrogen) atoms. The lowest BCUT2D eigenvalue weighted by atomic mass is 10.1. The fourth-order valence-corrected chi connectivity index (χ4v) is 5.60. The summed E-state index contributed by atoms with van der Waals surface area (Å²) in [7, 11) is 0. The highest BCUT2D eigenvalue weighted by Gasteiger charge is 2.37. The first-order valence-corrected chi connectivity index (χ1v) is 13.0. The van der Waals surface area contributed by atoms with E-state index in [9.17, 15) is 19.2 Å². The van der Waals surface area contributed by atoms with Crippen LogP contribution < -0.4 is 15.8 Å². The predicted molar refractivity (Wildman–Crippen MR) is 142 cm³/mol. The van der Waals surface area contributed by atoms with E-state index in [0.29, 0.717) is 28.0 Å². The van der Waals surface area contributed by atoms with Gasteiger partial charge >= 0.3 is 5.97 Å². The number of ether oxygens (including phenoxy) is 1. The summed E-state index contributed by atoms with van der Waals surface area (Å²) in [5.74, 6) is -0.942. The molecule has 4 rings (SSSR count). The average molecular weight is 530 g/mol. The maximum atomic E-state index is 13.6. The normalized spacial score (nSPS) is 20.2. The second-order valence-electron chi connectivity index (χ2n) is 8.40. The Kier molecular flexibility index (Phi) is 7.74. The monoisotopic (exact) mass is 529 g/mol. The molecule has 0 saturated carbocycles. The number of anilines is 1. The first-order valence-electron chi connectivity index (χ1n) is 11.7. The van der Waals surface area contributed by atoms with Gasteiger partial charge in [0.1, 0.15) is 21.8 Å². The number of thioether (sulfide) groups is 1. The van der Waals surface area contributed by atoms with E-state index in [1.54, 1.807) is 41.1 Å². The number of hydrogen-bond acceptors (Lipinski definition) is 9. The molecule has 0 bridgehead atoms. The van der Waals surface area contributed by atoms with Crippen molar-refractivity contribution in [2.45, 2.75) is 45.7 Å². The van der Waals surface area contributed by atoms with E-state index in [0.717, 1.165) is 18.2 Å². The highest BCUT2D eigenvalue weighted by molar-refractivity contribution is 8.26. The molecular formula is C24H27N5O5S2. The average Bonchev–Trinajstić information content (AvgIpc) is 3.14. The van der Waals surface area contributed by atoms with Crippen molar-refractivity contribution in [3.05, 3.63) is 45.2 Å². The van der Waals surface area contributed by atoms with Gasteiger partial charge in [0.2, 0.25) is 5.91 Å². The molecule has 0 aliphatic carbocycles.